The number of alkyl halides is 4. The summed E-state index contributed by atoms with van der Waals surface area (Å²) in [4.78, 5) is 16.8. The number of Topliss-reactive ketones (excluding diaryl/α,β-unsaturated/α-hetero) is 1. The smallest absolute Gasteiger partial charge is 0.296 e. The van der Waals surface area contributed by atoms with Gasteiger partial charge in [-0.05, 0) is 42.5 Å². The van der Waals surface area contributed by atoms with E-state index in [0.29, 0.717) is 11.3 Å². The van der Waals surface area contributed by atoms with E-state index < -0.39 is 28.2 Å². The maximum atomic E-state index is 15.6. The summed E-state index contributed by atoms with van der Waals surface area (Å²) in [5.41, 5.74) is -1.83. The van der Waals surface area contributed by atoms with Crippen molar-refractivity contribution in [2.45, 2.75) is 37.5 Å². The van der Waals surface area contributed by atoms with E-state index in [1.54, 1.807) is 6.07 Å². The topological polar surface area (TPSA) is 30.0 Å². The number of halogens is 5. The predicted octanol–water partition coefficient (Wildman–Crippen LogP) is 5.93. The molecule has 0 N–H and O–H groups in total. The van der Waals surface area contributed by atoms with E-state index in [-0.39, 0.29) is 36.8 Å². The molecule has 0 amide bonds. The van der Waals surface area contributed by atoms with E-state index in [1.807, 2.05) is 0 Å². The molecule has 0 bridgehead atoms. The molecule has 27 heavy (non-hydrogen) atoms. The Morgan fingerprint density at radius 1 is 1.26 bits per heavy atom. The number of rotatable bonds is 4. The van der Waals surface area contributed by atoms with Gasteiger partial charge in [-0.2, -0.15) is 13.2 Å². The van der Waals surface area contributed by atoms with E-state index in [1.165, 1.54) is 24.4 Å². The average molecular weight is 398 g/mol. The van der Waals surface area contributed by atoms with Gasteiger partial charge in [0.05, 0.1) is 16.3 Å². The lowest BCUT2D eigenvalue weighted by Gasteiger charge is -2.31. The average Bonchev–Trinajstić information content (AvgIpc) is 2.63. The second-order valence-electron chi connectivity index (χ2n) is 6.50. The van der Waals surface area contributed by atoms with Gasteiger partial charge in [0, 0.05) is 18.2 Å². The Morgan fingerprint density at radius 3 is 2.70 bits per heavy atom. The monoisotopic (exact) mass is 397 g/mol. The van der Waals surface area contributed by atoms with E-state index in [4.69, 9.17) is 11.6 Å². The van der Waals surface area contributed by atoms with Crippen molar-refractivity contribution in [1.82, 2.24) is 4.98 Å². The van der Waals surface area contributed by atoms with Crippen LogP contribution in [0.25, 0.3) is 5.57 Å². The van der Waals surface area contributed by atoms with Gasteiger partial charge in [0.2, 0.25) is 0 Å². The first-order chi connectivity index (χ1) is 12.6. The molecular weight excluding hydrogens is 382 g/mol. The van der Waals surface area contributed by atoms with Crippen molar-refractivity contribution in [3.8, 4) is 0 Å². The van der Waals surface area contributed by atoms with Gasteiger partial charge in [-0.1, -0.05) is 36.4 Å². The third-order valence-corrected chi connectivity index (χ3v) is 5.23. The summed E-state index contributed by atoms with van der Waals surface area (Å²) in [6.07, 6.45) is -3.20. The number of pyridine rings is 1. The molecule has 142 valence electrons. The molecule has 0 unspecified atom stereocenters. The van der Waals surface area contributed by atoms with Crippen LogP contribution in [0.3, 0.4) is 0 Å². The summed E-state index contributed by atoms with van der Waals surface area (Å²) in [5.74, 6) is -0.697. The van der Waals surface area contributed by atoms with Crippen molar-refractivity contribution < 1.29 is 22.4 Å². The first kappa shape index (κ1) is 19.5. The fourth-order valence-electron chi connectivity index (χ4n) is 3.31. The highest BCUT2D eigenvalue weighted by atomic mass is 35.5. The predicted molar refractivity (Wildman–Crippen MR) is 95.1 cm³/mol. The molecule has 1 aliphatic rings. The lowest BCUT2D eigenvalue weighted by Crippen LogP contribution is -2.35. The van der Waals surface area contributed by atoms with Gasteiger partial charge in [-0.3, -0.25) is 9.78 Å². The minimum Gasteiger partial charge on any atom is -0.296 e. The lowest BCUT2D eigenvalue weighted by atomic mass is 9.77. The van der Waals surface area contributed by atoms with Crippen LogP contribution < -0.4 is 0 Å². The molecule has 0 aliphatic heterocycles. The molecule has 1 aromatic heterocycles. The minimum absolute atomic E-state index is 0.0559. The molecule has 1 atom stereocenters. The molecule has 0 saturated carbocycles. The second kappa shape index (κ2) is 7.08. The van der Waals surface area contributed by atoms with Crippen LogP contribution in [0.2, 0.25) is 5.02 Å². The summed E-state index contributed by atoms with van der Waals surface area (Å²) >= 11 is 5.85. The first-order valence-corrected chi connectivity index (χ1v) is 8.73. The molecular formula is C20H16ClF4NO. The van der Waals surface area contributed by atoms with Gasteiger partial charge >= 0.3 is 6.18 Å². The van der Waals surface area contributed by atoms with Crippen LogP contribution in [0.5, 0.6) is 0 Å². The summed E-state index contributed by atoms with van der Waals surface area (Å²) in [5, 5.41) is -0.454. The summed E-state index contributed by atoms with van der Waals surface area (Å²) in [6.45, 7) is 3.85. The number of carbonyl (C=O) groups excluding carboxylic acids is 1. The molecule has 3 rings (SSSR count). The maximum Gasteiger partial charge on any atom is 0.417 e. The fourth-order valence-corrected chi connectivity index (χ4v) is 3.64. The molecule has 2 aromatic rings. The van der Waals surface area contributed by atoms with Crippen molar-refractivity contribution in [3.05, 3.63) is 70.5 Å². The van der Waals surface area contributed by atoms with Gasteiger partial charge in [-0.25, -0.2) is 4.39 Å². The molecule has 0 spiro atoms. The maximum absolute atomic E-state index is 15.6. The fraction of sp³-hybridized carbons (Fsp3) is 0.300. The SMILES string of the molecule is C=C1CC[C@@](F)(C(=O)CCc2cccc(C(F)(F)F)c2Cl)c2cccnc21. The Morgan fingerprint density at radius 2 is 2.00 bits per heavy atom. The molecule has 0 fully saturated rings. The summed E-state index contributed by atoms with van der Waals surface area (Å²) in [7, 11) is 0. The highest BCUT2D eigenvalue weighted by molar-refractivity contribution is 6.32. The van der Waals surface area contributed by atoms with E-state index in [9.17, 15) is 18.0 Å². The normalized spacial score (nSPS) is 19.7. The molecule has 1 heterocycles. The molecule has 1 aliphatic carbocycles. The van der Waals surface area contributed by atoms with E-state index in [0.717, 1.165) is 6.07 Å². The number of hydrogen-bond donors (Lipinski definition) is 0. The quantitative estimate of drug-likeness (QED) is 0.599. The van der Waals surface area contributed by atoms with Gasteiger partial charge in [0.1, 0.15) is 0 Å². The zero-order valence-electron chi connectivity index (χ0n) is 14.2. The van der Waals surface area contributed by atoms with Crippen molar-refractivity contribution in [3.63, 3.8) is 0 Å². The Labute approximate surface area is 158 Å². The number of aryl methyl sites for hydroxylation is 1. The largest absolute Gasteiger partial charge is 0.417 e. The van der Waals surface area contributed by atoms with Crippen molar-refractivity contribution in [1.29, 1.82) is 0 Å². The summed E-state index contributed by atoms with van der Waals surface area (Å²) < 4.78 is 54.4. The number of hydrogen-bond acceptors (Lipinski definition) is 2. The van der Waals surface area contributed by atoms with E-state index >= 15 is 4.39 Å². The highest BCUT2D eigenvalue weighted by Gasteiger charge is 2.44. The Hall–Kier alpha value is -2.21. The molecule has 1 aromatic carbocycles. The highest BCUT2D eigenvalue weighted by Crippen LogP contribution is 2.44. The number of carbonyl (C=O) groups is 1. The molecule has 2 nitrogen and oxygen atoms in total. The summed E-state index contributed by atoms with van der Waals surface area (Å²) in [6, 6.07) is 6.56. The Bertz CT molecular complexity index is 909. The van der Waals surface area contributed by atoms with Gasteiger partial charge < -0.3 is 0 Å². The van der Waals surface area contributed by atoms with Crippen molar-refractivity contribution in [2.24, 2.45) is 0 Å². The molecule has 7 heteroatoms. The Kier molecular flexibility index (Phi) is 5.12. The number of nitrogens with zero attached hydrogens (tertiary/aromatic N) is 1. The van der Waals surface area contributed by atoms with Crippen LogP contribution in [0.4, 0.5) is 17.6 Å². The van der Waals surface area contributed by atoms with Crippen LogP contribution in [0.15, 0.2) is 43.1 Å². The minimum atomic E-state index is -4.59. The Balaban J connectivity index is 1.83. The first-order valence-electron chi connectivity index (χ1n) is 8.35. The van der Waals surface area contributed by atoms with Gasteiger partial charge in [-0.15, -0.1) is 0 Å². The van der Waals surface area contributed by atoms with Crippen LogP contribution in [0.1, 0.15) is 41.6 Å². The number of benzene rings is 1. The molecule has 0 radical (unpaired) electrons. The van der Waals surface area contributed by atoms with E-state index in [2.05, 4.69) is 11.6 Å². The number of allylic oxidation sites excluding steroid dienone is 1. The van der Waals surface area contributed by atoms with Crippen LogP contribution in [-0.4, -0.2) is 10.8 Å². The van der Waals surface area contributed by atoms with Crippen molar-refractivity contribution in [2.75, 3.05) is 0 Å². The third-order valence-electron chi connectivity index (χ3n) is 4.79. The lowest BCUT2D eigenvalue weighted by molar-refractivity contribution is -0.137. The van der Waals surface area contributed by atoms with Crippen molar-refractivity contribution >= 4 is 23.0 Å². The third kappa shape index (κ3) is 3.63. The van der Waals surface area contributed by atoms with Crippen LogP contribution in [-0.2, 0) is 23.1 Å². The van der Waals surface area contributed by atoms with Gasteiger partial charge in [0.15, 0.2) is 11.5 Å². The molecule has 0 saturated heterocycles. The number of aromatic nitrogens is 1. The zero-order chi connectivity index (χ0) is 19.8. The second-order valence-corrected chi connectivity index (χ2v) is 6.88. The van der Waals surface area contributed by atoms with Crippen LogP contribution >= 0.6 is 11.6 Å². The van der Waals surface area contributed by atoms with Gasteiger partial charge in [0.25, 0.3) is 0 Å². The number of fused-ring (bicyclic) bond motifs is 1. The zero-order valence-corrected chi connectivity index (χ0v) is 15.0. The standard InChI is InChI=1S/C20H16ClF4NO/c1-12-9-10-19(22,15-6-3-11-26-18(12)15)16(27)8-7-13-4-2-5-14(17(13)21)20(23,24)25/h2-6,11H,1,7-10H2/t19-/m0/s1. The van der Waals surface area contributed by atoms with Crippen LogP contribution in [0, 0.1) is 0 Å². The number of ketones is 1.